The molecule has 29 heavy (non-hydrogen) atoms. The van der Waals surface area contributed by atoms with Gasteiger partial charge in [-0.15, -0.1) is 0 Å². The lowest BCUT2D eigenvalue weighted by Gasteiger charge is -2.09. The van der Waals surface area contributed by atoms with Crippen LogP contribution in [-0.2, 0) is 16.6 Å². The first-order chi connectivity index (χ1) is 13.9. The summed E-state index contributed by atoms with van der Waals surface area (Å²) in [5, 5.41) is 0. The van der Waals surface area contributed by atoms with E-state index in [4.69, 9.17) is 9.47 Å². The van der Waals surface area contributed by atoms with Gasteiger partial charge >= 0.3 is 0 Å². The van der Waals surface area contributed by atoms with Gasteiger partial charge < -0.3 is 9.47 Å². The van der Waals surface area contributed by atoms with E-state index >= 15 is 0 Å². The summed E-state index contributed by atoms with van der Waals surface area (Å²) in [5.41, 5.74) is 1.95. The summed E-state index contributed by atoms with van der Waals surface area (Å²) in [7, 11) is -2.34. The molecule has 0 unspecified atom stereocenters. The first-order valence-corrected chi connectivity index (χ1v) is 10.3. The van der Waals surface area contributed by atoms with Gasteiger partial charge in [0.05, 0.1) is 36.5 Å². The van der Waals surface area contributed by atoms with Crippen LogP contribution in [0, 0.1) is 5.82 Å². The largest absolute Gasteiger partial charge is 0.497 e. The van der Waals surface area contributed by atoms with Gasteiger partial charge in [-0.25, -0.2) is 27.5 Å². The molecule has 0 spiro atoms. The summed E-state index contributed by atoms with van der Waals surface area (Å²) in [4.78, 5) is 8.12. The molecule has 9 heteroatoms. The molecule has 0 aliphatic rings. The normalized spacial score (nSPS) is 11.3. The van der Waals surface area contributed by atoms with E-state index in [0.717, 1.165) is 17.4 Å². The standard InChI is InChI=1S/C20H20FN3O4S/c1-3-28-20-9-8-17(11-18(20)21)29(25,26)24-12-15-10-19(23-13-22-15)14-4-6-16(27-2)7-5-14/h4-11,13,24H,3,12H2,1-2H3. The van der Waals surface area contributed by atoms with Crippen LogP contribution in [-0.4, -0.2) is 32.1 Å². The second-order valence-electron chi connectivity index (χ2n) is 5.97. The topological polar surface area (TPSA) is 90.4 Å². The zero-order chi connectivity index (χ0) is 20.9. The first kappa shape index (κ1) is 20.7. The van der Waals surface area contributed by atoms with Gasteiger partial charge in [0.2, 0.25) is 10.0 Å². The van der Waals surface area contributed by atoms with Crippen molar-refractivity contribution in [2.75, 3.05) is 13.7 Å². The third kappa shape index (κ3) is 5.07. The highest BCUT2D eigenvalue weighted by Crippen LogP contribution is 2.22. The number of aromatic nitrogens is 2. The zero-order valence-electron chi connectivity index (χ0n) is 15.9. The number of halogens is 1. The van der Waals surface area contributed by atoms with Crippen LogP contribution in [0.25, 0.3) is 11.3 Å². The van der Waals surface area contributed by atoms with Crippen LogP contribution < -0.4 is 14.2 Å². The Labute approximate surface area is 168 Å². The Morgan fingerprint density at radius 3 is 2.48 bits per heavy atom. The molecule has 1 N–H and O–H groups in total. The van der Waals surface area contributed by atoms with Gasteiger partial charge in [-0.05, 0) is 55.5 Å². The quantitative estimate of drug-likeness (QED) is 0.605. The van der Waals surface area contributed by atoms with Crippen LogP contribution in [0.2, 0.25) is 0 Å². The molecule has 1 heterocycles. The maximum atomic E-state index is 14.0. The molecule has 0 atom stereocenters. The highest BCUT2D eigenvalue weighted by Gasteiger charge is 2.17. The Kier molecular flexibility index (Phi) is 6.40. The average Bonchev–Trinajstić information content (AvgIpc) is 2.74. The lowest BCUT2D eigenvalue weighted by molar-refractivity contribution is 0.321. The smallest absolute Gasteiger partial charge is 0.241 e. The van der Waals surface area contributed by atoms with Crippen molar-refractivity contribution in [2.45, 2.75) is 18.4 Å². The fourth-order valence-electron chi connectivity index (χ4n) is 2.59. The summed E-state index contributed by atoms with van der Waals surface area (Å²) < 4.78 is 51.6. The van der Waals surface area contributed by atoms with Crippen LogP contribution in [0.4, 0.5) is 4.39 Å². The minimum Gasteiger partial charge on any atom is -0.497 e. The van der Waals surface area contributed by atoms with Gasteiger partial charge in [0.15, 0.2) is 11.6 Å². The van der Waals surface area contributed by atoms with Crippen molar-refractivity contribution in [3.8, 4) is 22.8 Å². The van der Waals surface area contributed by atoms with Crippen LogP contribution in [0.1, 0.15) is 12.6 Å². The molecule has 0 aliphatic carbocycles. The summed E-state index contributed by atoms with van der Waals surface area (Å²) >= 11 is 0. The number of sulfonamides is 1. The van der Waals surface area contributed by atoms with Gasteiger partial charge in [-0.1, -0.05) is 0 Å². The molecule has 0 aliphatic heterocycles. The van der Waals surface area contributed by atoms with Gasteiger partial charge in [-0.2, -0.15) is 0 Å². The summed E-state index contributed by atoms with van der Waals surface area (Å²) in [6.07, 6.45) is 1.36. The maximum absolute atomic E-state index is 14.0. The van der Waals surface area contributed by atoms with E-state index in [1.54, 1.807) is 32.2 Å². The van der Waals surface area contributed by atoms with Gasteiger partial charge in [0.25, 0.3) is 0 Å². The zero-order valence-corrected chi connectivity index (χ0v) is 16.7. The van der Waals surface area contributed by atoms with Gasteiger partial charge in [-0.3, -0.25) is 0 Å². The SMILES string of the molecule is CCOc1ccc(S(=O)(=O)NCc2cc(-c3ccc(OC)cc3)ncn2)cc1F. The van der Waals surface area contributed by atoms with E-state index in [9.17, 15) is 12.8 Å². The number of hydrogen-bond donors (Lipinski definition) is 1. The van der Waals surface area contributed by atoms with Crippen molar-refractivity contribution in [2.24, 2.45) is 0 Å². The van der Waals surface area contributed by atoms with Crippen molar-refractivity contribution in [3.05, 3.63) is 66.4 Å². The minimum absolute atomic E-state index is 0.00591. The molecule has 7 nitrogen and oxygen atoms in total. The lowest BCUT2D eigenvalue weighted by Crippen LogP contribution is -2.24. The maximum Gasteiger partial charge on any atom is 0.241 e. The van der Waals surface area contributed by atoms with Crippen LogP contribution in [0.15, 0.2) is 59.8 Å². The molecule has 0 bridgehead atoms. The molecule has 1 aromatic heterocycles. The Morgan fingerprint density at radius 2 is 1.83 bits per heavy atom. The predicted molar refractivity (Wildman–Crippen MR) is 106 cm³/mol. The first-order valence-electron chi connectivity index (χ1n) is 8.80. The van der Waals surface area contributed by atoms with Crippen molar-refractivity contribution in [1.82, 2.24) is 14.7 Å². The molecule has 0 fully saturated rings. The molecule has 0 radical (unpaired) electrons. The molecule has 3 aromatic rings. The highest BCUT2D eigenvalue weighted by atomic mass is 32.2. The van der Waals surface area contributed by atoms with E-state index in [1.807, 2.05) is 12.1 Å². The van der Waals surface area contributed by atoms with E-state index in [-0.39, 0.29) is 23.8 Å². The molecule has 3 rings (SSSR count). The summed E-state index contributed by atoms with van der Waals surface area (Å²) in [6.45, 7) is 1.93. The molecule has 0 saturated carbocycles. The lowest BCUT2D eigenvalue weighted by atomic mass is 10.1. The molecule has 2 aromatic carbocycles. The van der Waals surface area contributed by atoms with E-state index in [1.165, 1.54) is 18.5 Å². The van der Waals surface area contributed by atoms with Crippen molar-refractivity contribution < 1.29 is 22.3 Å². The number of methoxy groups -OCH3 is 1. The Morgan fingerprint density at radius 1 is 1.07 bits per heavy atom. The number of nitrogens with zero attached hydrogens (tertiary/aromatic N) is 2. The van der Waals surface area contributed by atoms with Crippen LogP contribution >= 0.6 is 0 Å². The third-order valence-corrected chi connectivity index (χ3v) is 5.47. The summed E-state index contributed by atoms with van der Waals surface area (Å²) in [6, 6.07) is 12.5. The van der Waals surface area contributed by atoms with E-state index < -0.39 is 15.8 Å². The average molecular weight is 417 g/mol. The Hall–Kier alpha value is -3.04. The highest BCUT2D eigenvalue weighted by molar-refractivity contribution is 7.89. The van der Waals surface area contributed by atoms with E-state index in [0.29, 0.717) is 11.4 Å². The molecule has 152 valence electrons. The number of ether oxygens (including phenoxy) is 2. The fourth-order valence-corrected chi connectivity index (χ4v) is 3.60. The number of hydrogen-bond acceptors (Lipinski definition) is 6. The number of nitrogens with one attached hydrogen (secondary N) is 1. The van der Waals surface area contributed by atoms with Gasteiger partial charge in [0, 0.05) is 5.56 Å². The molecular weight excluding hydrogens is 397 g/mol. The van der Waals surface area contributed by atoms with E-state index in [2.05, 4.69) is 14.7 Å². The summed E-state index contributed by atoms with van der Waals surface area (Å²) in [5.74, 6) is -0.0108. The molecule has 0 saturated heterocycles. The predicted octanol–water partition coefficient (Wildman–Crippen LogP) is 3.17. The van der Waals surface area contributed by atoms with Crippen molar-refractivity contribution >= 4 is 10.0 Å². The van der Waals surface area contributed by atoms with Crippen molar-refractivity contribution in [1.29, 1.82) is 0 Å². The minimum atomic E-state index is -3.92. The number of benzene rings is 2. The van der Waals surface area contributed by atoms with Crippen LogP contribution in [0.5, 0.6) is 11.5 Å². The second-order valence-corrected chi connectivity index (χ2v) is 7.74. The Balaban J connectivity index is 1.74. The fraction of sp³-hybridized carbons (Fsp3) is 0.200. The monoisotopic (exact) mass is 417 g/mol. The second kappa shape index (κ2) is 8.97. The Bertz CT molecular complexity index is 1090. The third-order valence-electron chi connectivity index (χ3n) is 4.07. The molecule has 0 amide bonds. The van der Waals surface area contributed by atoms with Crippen molar-refractivity contribution in [3.63, 3.8) is 0 Å². The number of rotatable bonds is 8. The van der Waals surface area contributed by atoms with Crippen LogP contribution in [0.3, 0.4) is 0 Å². The van der Waals surface area contributed by atoms with Gasteiger partial charge in [0.1, 0.15) is 12.1 Å². The molecular formula is C20H20FN3O4S.